The van der Waals surface area contributed by atoms with Crippen LogP contribution in [0, 0.1) is 19.7 Å². The van der Waals surface area contributed by atoms with Crippen molar-refractivity contribution in [3.05, 3.63) is 134 Å². The van der Waals surface area contributed by atoms with E-state index in [0.29, 0.717) is 36.0 Å². The molecular weight excluding hydrogens is 651 g/mol. The number of aromatic nitrogens is 6. The lowest BCUT2D eigenvalue weighted by molar-refractivity contribution is 0.0834. The molecule has 0 unspecified atom stereocenters. The van der Waals surface area contributed by atoms with Crippen LogP contribution in [-0.2, 0) is 22.6 Å². The Morgan fingerprint density at radius 2 is 1.10 bits per heavy atom. The third kappa shape index (κ3) is 7.24. The summed E-state index contributed by atoms with van der Waals surface area (Å²) in [5.41, 5.74) is 4.85. The van der Waals surface area contributed by atoms with Crippen LogP contribution in [0.2, 0.25) is 0 Å². The van der Waals surface area contributed by atoms with Gasteiger partial charge in [-0.1, -0.05) is 24.3 Å². The van der Waals surface area contributed by atoms with Crippen LogP contribution in [0.4, 0.5) is 4.39 Å². The first-order chi connectivity index (χ1) is 24.8. The van der Waals surface area contributed by atoms with Crippen LogP contribution in [0.25, 0.3) is 11.0 Å². The summed E-state index contributed by atoms with van der Waals surface area (Å²) in [6.45, 7) is 7.82. The van der Waals surface area contributed by atoms with Crippen molar-refractivity contribution in [3.8, 4) is 5.75 Å². The molecule has 266 valence electrons. The zero-order valence-electron chi connectivity index (χ0n) is 29.3. The maximum atomic E-state index is 13.1. The molecule has 2 aliphatic heterocycles. The van der Waals surface area contributed by atoms with Crippen LogP contribution in [0.5, 0.6) is 5.75 Å². The van der Waals surface area contributed by atoms with Crippen molar-refractivity contribution < 1.29 is 18.6 Å². The van der Waals surface area contributed by atoms with E-state index in [1.54, 1.807) is 40.8 Å². The quantitative estimate of drug-likeness (QED) is 0.213. The van der Waals surface area contributed by atoms with Crippen LogP contribution in [0.1, 0.15) is 71.7 Å². The van der Waals surface area contributed by atoms with Gasteiger partial charge in [0.05, 0.1) is 32.6 Å². The molecule has 0 aliphatic carbocycles. The third-order valence-corrected chi connectivity index (χ3v) is 9.99. The highest BCUT2D eigenvalue weighted by Crippen LogP contribution is 2.27. The minimum absolute atomic E-state index is 0.00775. The molecule has 4 aromatic heterocycles. The molecule has 2 fully saturated rings. The van der Waals surface area contributed by atoms with Crippen molar-refractivity contribution in [1.82, 2.24) is 27.9 Å². The van der Waals surface area contributed by atoms with E-state index in [9.17, 15) is 14.0 Å². The largest absolute Gasteiger partial charge is 0.497 e. The van der Waals surface area contributed by atoms with Crippen LogP contribution in [0.3, 0.4) is 0 Å². The monoisotopic (exact) mass is 694 g/mol. The van der Waals surface area contributed by atoms with Crippen LogP contribution >= 0.6 is 0 Å². The number of rotatable bonds is 7. The van der Waals surface area contributed by atoms with Gasteiger partial charge in [-0.15, -0.1) is 0 Å². The van der Waals surface area contributed by atoms with E-state index >= 15 is 0 Å². The second-order valence-electron chi connectivity index (χ2n) is 13.3. The zero-order chi connectivity index (χ0) is 35.5. The van der Waals surface area contributed by atoms with Gasteiger partial charge in [-0.3, -0.25) is 18.4 Å². The lowest BCUT2D eigenvalue weighted by atomic mass is 10.00. The highest BCUT2D eigenvalue weighted by atomic mass is 19.1. The van der Waals surface area contributed by atoms with E-state index in [2.05, 4.69) is 9.97 Å². The number of halogens is 1. The van der Waals surface area contributed by atoms with Gasteiger partial charge in [-0.25, -0.2) is 14.4 Å². The number of imidazole rings is 2. The molecule has 12 heteroatoms. The Labute approximate surface area is 294 Å². The Morgan fingerprint density at radius 1 is 0.686 bits per heavy atom. The SMILES string of the molecule is COc1ccc(Cn2c(C)cn3c(C4CCOCC4)ncc3c2=O)cc1.Cc1cn2c(C3CCOCC3)ncc2c(=O)n1Cc1ccc(F)cc1. The Morgan fingerprint density at radius 3 is 1.51 bits per heavy atom. The van der Waals surface area contributed by atoms with Gasteiger partial charge >= 0.3 is 0 Å². The molecule has 0 saturated carbocycles. The molecule has 51 heavy (non-hydrogen) atoms. The van der Waals surface area contributed by atoms with E-state index in [1.165, 1.54) is 12.1 Å². The number of fused-ring (bicyclic) bond motifs is 2. The second-order valence-corrected chi connectivity index (χ2v) is 13.3. The lowest BCUT2D eigenvalue weighted by Crippen LogP contribution is -2.25. The van der Waals surface area contributed by atoms with Gasteiger partial charge < -0.3 is 23.3 Å². The highest BCUT2D eigenvalue weighted by Gasteiger charge is 2.23. The number of nitrogens with zero attached hydrogens (tertiary/aromatic N) is 6. The highest BCUT2D eigenvalue weighted by molar-refractivity contribution is 5.46. The average Bonchev–Trinajstić information content (AvgIpc) is 3.79. The first-order valence-corrected chi connectivity index (χ1v) is 17.5. The summed E-state index contributed by atoms with van der Waals surface area (Å²) in [4.78, 5) is 35.0. The normalized spacial score (nSPS) is 15.6. The van der Waals surface area contributed by atoms with E-state index in [-0.39, 0.29) is 16.9 Å². The van der Waals surface area contributed by atoms with Crippen LogP contribution in [-0.4, -0.2) is 61.4 Å². The average molecular weight is 695 g/mol. The van der Waals surface area contributed by atoms with E-state index in [1.807, 2.05) is 59.3 Å². The molecule has 2 aromatic carbocycles. The number of hydrogen-bond donors (Lipinski definition) is 0. The summed E-state index contributed by atoms with van der Waals surface area (Å²) >= 11 is 0. The number of methoxy groups -OCH3 is 1. The van der Waals surface area contributed by atoms with E-state index < -0.39 is 0 Å². The first kappa shape index (κ1) is 34.4. The molecule has 8 rings (SSSR count). The molecular formula is C39H43FN6O5. The topological polar surface area (TPSA) is 106 Å². The first-order valence-electron chi connectivity index (χ1n) is 17.5. The molecule has 0 bridgehead atoms. The molecule has 2 aliphatic rings. The van der Waals surface area contributed by atoms with Gasteiger partial charge in [0.25, 0.3) is 11.1 Å². The summed E-state index contributed by atoms with van der Waals surface area (Å²) in [5.74, 6) is 3.11. The minimum atomic E-state index is -0.278. The van der Waals surface area contributed by atoms with Gasteiger partial charge in [0.15, 0.2) is 0 Å². The maximum Gasteiger partial charge on any atom is 0.276 e. The van der Waals surface area contributed by atoms with Crippen molar-refractivity contribution >= 4 is 11.0 Å². The van der Waals surface area contributed by atoms with Crippen molar-refractivity contribution in [2.45, 2.75) is 64.5 Å². The molecule has 0 spiro atoms. The summed E-state index contributed by atoms with van der Waals surface area (Å²) in [6, 6.07) is 14.0. The number of aryl methyl sites for hydroxylation is 2. The Kier molecular flexibility index (Phi) is 10.1. The smallest absolute Gasteiger partial charge is 0.276 e. The fourth-order valence-electron chi connectivity index (χ4n) is 7.04. The molecule has 0 amide bonds. The predicted molar refractivity (Wildman–Crippen MR) is 192 cm³/mol. The van der Waals surface area contributed by atoms with Crippen molar-refractivity contribution in [2.75, 3.05) is 33.5 Å². The van der Waals surface area contributed by atoms with Gasteiger partial charge in [0, 0.05) is 62.0 Å². The Bertz CT molecular complexity index is 2240. The summed E-state index contributed by atoms with van der Waals surface area (Å²) in [5, 5.41) is 0. The fraction of sp³-hybridized carbons (Fsp3) is 0.385. The molecule has 6 aromatic rings. The van der Waals surface area contributed by atoms with Crippen LogP contribution in [0.15, 0.2) is 82.9 Å². The van der Waals surface area contributed by atoms with Gasteiger partial charge in [-0.05, 0) is 74.9 Å². The fourth-order valence-corrected chi connectivity index (χ4v) is 7.04. The standard InChI is InChI=1S/C20H23N3O3.C19H20FN3O2/c1-14-12-23-18(11-21-19(23)16-7-9-26-10-8-16)20(24)22(14)13-15-3-5-17(25-2)6-4-15;1-13-11-23-17(10-21-18(23)15-6-8-25-9-7-15)19(24)22(13)12-14-2-4-16(20)5-3-14/h3-6,11-12,16H,7-10,13H2,1-2H3;2-5,10-11,15H,6-9,12H2,1H3. The van der Waals surface area contributed by atoms with Gasteiger partial charge in [-0.2, -0.15) is 0 Å². The summed E-state index contributed by atoms with van der Waals surface area (Å²) < 4.78 is 36.5. The third-order valence-electron chi connectivity index (χ3n) is 9.99. The van der Waals surface area contributed by atoms with Crippen molar-refractivity contribution in [2.24, 2.45) is 0 Å². The zero-order valence-corrected chi connectivity index (χ0v) is 29.3. The van der Waals surface area contributed by atoms with E-state index in [0.717, 1.165) is 92.0 Å². The Balaban J connectivity index is 0.000000159. The molecule has 0 N–H and O–H groups in total. The minimum Gasteiger partial charge on any atom is -0.497 e. The number of hydrogen-bond acceptors (Lipinski definition) is 7. The molecule has 11 nitrogen and oxygen atoms in total. The molecule has 0 radical (unpaired) electrons. The molecule has 2 saturated heterocycles. The lowest BCUT2D eigenvalue weighted by Gasteiger charge is -2.21. The summed E-state index contributed by atoms with van der Waals surface area (Å²) in [6.07, 6.45) is 11.1. The number of ether oxygens (including phenoxy) is 3. The number of benzene rings is 2. The molecule has 0 atom stereocenters. The van der Waals surface area contributed by atoms with Crippen LogP contribution < -0.4 is 15.9 Å². The van der Waals surface area contributed by atoms with E-state index in [4.69, 9.17) is 14.2 Å². The van der Waals surface area contributed by atoms with Crippen molar-refractivity contribution in [1.29, 1.82) is 0 Å². The van der Waals surface area contributed by atoms with Gasteiger partial charge in [0.2, 0.25) is 0 Å². The van der Waals surface area contributed by atoms with Gasteiger partial charge in [0.1, 0.15) is 34.2 Å². The Hall–Kier alpha value is -5.07. The molecule has 6 heterocycles. The summed E-state index contributed by atoms with van der Waals surface area (Å²) in [7, 11) is 1.65. The second kappa shape index (κ2) is 15.0. The maximum absolute atomic E-state index is 13.1. The predicted octanol–water partition coefficient (Wildman–Crippen LogP) is 5.64. The van der Waals surface area contributed by atoms with Crippen molar-refractivity contribution in [3.63, 3.8) is 0 Å².